The van der Waals surface area contributed by atoms with Crippen LogP contribution in [0.2, 0.25) is 0 Å². The van der Waals surface area contributed by atoms with E-state index < -0.39 is 9.84 Å². The molecule has 0 aromatic heterocycles. The lowest BCUT2D eigenvalue weighted by Crippen LogP contribution is -2.06. The minimum Gasteiger partial charge on any atom is -0.492 e. The Kier molecular flexibility index (Phi) is 4.26. The van der Waals surface area contributed by atoms with E-state index in [4.69, 9.17) is 4.74 Å². The molecule has 0 aliphatic heterocycles. The van der Waals surface area contributed by atoms with Gasteiger partial charge in [0, 0.05) is 17.0 Å². The van der Waals surface area contributed by atoms with E-state index in [-0.39, 0.29) is 0 Å². The first-order valence-corrected chi connectivity index (χ1v) is 9.69. The van der Waals surface area contributed by atoms with Gasteiger partial charge in [0.05, 0.1) is 6.61 Å². The molecular weight excluding hydrogens is 308 g/mol. The quantitative estimate of drug-likeness (QED) is 0.509. The van der Waals surface area contributed by atoms with Gasteiger partial charge >= 0.3 is 0 Å². The number of hydrogen-bond donors (Lipinski definition) is 0. The average Bonchev–Trinajstić information content (AvgIpc) is 2.54. The summed E-state index contributed by atoms with van der Waals surface area (Å²) in [5.74, 6) is 0.482. The smallest absolute Gasteiger partial charge is 0.179 e. The molecule has 0 heterocycles. The molecule has 3 aromatic rings. The molecule has 0 atom stereocenters. The molecule has 0 amide bonds. The van der Waals surface area contributed by atoms with Gasteiger partial charge in [-0.05, 0) is 17.2 Å². The van der Waals surface area contributed by atoms with E-state index in [0.717, 1.165) is 34.4 Å². The van der Waals surface area contributed by atoms with Crippen LogP contribution in [-0.2, 0) is 9.84 Å². The van der Waals surface area contributed by atoms with Crippen molar-refractivity contribution in [3.63, 3.8) is 0 Å². The van der Waals surface area contributed by atoms with Gasteiger partial charge in [-0.1, -0.05) is 61.9 Å². The zero-order valence-corrected chi connectivity index (χ0v) is 14.2. The minimum absolute atomic E-state index is 0.294. The van der Waals surface area contributed by atoms with Gasteiger partial charge in [-0.15, -0.1) is 0 Å². The summed E-state index contributed by atoms with van der Waals surface area (Å²) in [5, 5.41) is 3.52. The molecule has 0 saturated carbocycles. The number of rotatable bonds is 5. The fraction of sp³-hybridized carbons (Fsp3) is 0.263. The van der Waals surface area contributed by atoms with Crippen LogP contribution in [-0.4, -0.2) is 21.3 Å². The van der Waals surface area contributed by atoms with E-state index >= 15 is 0 Å². The SMILES string of the molecule is CCCCOc1c(S(C)(=O)=O)c2ccccc2c2ccccc12. The Balaban J connectivity index is 2.44. The highest BCUT2D eigenvalue weighted by molar-refractivity contribution is 7.91. The fourth-order valence-electron chi connectivity index (χ4n) is 2.91. The van der Waals surface area contributed by atoms with E-state index in [2.05, 4.69) is 6.92 Å². The van der Waals surface area contributed by atoms with Crippen LogP contribution in [0.15, 0.2) is 53.4 Å². The minimum atomic E-state index is -3.41. The molecule has 0 fully saturated rings. The molecule has 4 heteroatoms. The summed E-state index contributed by atoms with van der Waals surface area (Å²) < 4.78 is 30.9. The van der Waals surface area contributed by atoms with Crippen molar-refractivity contribution in [1.29, 1.82) is 0 Å². The number of hydrogen-bond acceptors (Lipinski definition) is 3. The highest BCUT2D eigenvalue weighted by Crippen LogP contribution is 2.40. The predicted molar refractivity (Wildman–Crippen MR) is 95.0 cm³/mol. The maximum Gasteiger partial charge on any atom is 0.179 e. The summed E-state index contributed by atoms with van der Waals surface area (Å²) in [5.41, 5.74) is 0. The van der Waals surface area contributed by atoms with Gasteiger partial charge in [0.1, 0.15) is 10.6 Å². The maximum atomic E-state index is 12.5. The van der Waals surface area contributed by atoms with Gasteiger partial charge in [0.2, 0.25) is 0 Å². The largest absolute Gasteiger partial charge is 0.492 e. The molecular formula is C19H20O3S. The Hall–Kier alpha value is -2.07. The number of benzene rings is 3. The molecule has 0 radical (unpaired) electrons. The van der Waals surface area contributed by atoms with Gasteiger partial charge in [-0.3, -0.25) is 0 Å². The van der Waals surface area contributed by atoms with Gasteiger partial charge in [0.25, 0.3) is 0 Å². The Morgan fingerprint density at radius 1 is 0.870 bits per heavy atom. The number of unbranched alkanes of at least 4 members (excludes halogenated alkanes) is 1. The maximum absolute atomic E-state index is 12.5. The lowest BCUT2D eigenvalue weighted by molar-refractivity contribution is 0.306. The summed E-state index contributed by atoms with van der Waals surface area (Å²) in [6.45, 7) is 2.60. The number of ether oxygens (including phenoxy) is 1. The molecule has 0 saturated heterocycles. The first-order chi connectivity index (χ1) is 11.0. The lowest BCUT2D eigenvalue weighted by Gasteiger charge is -2.17. The summed E-state index contributed by atoms with van der Waals surface area (Å²) in [7, 11) is -3.41. The third kappa shape index (κ3) is 2.91. The normalized spacial score (nSPS) is 11.9. The van der Waals surface area contributed by atoms with Gasteiger partial charge in [-0.25, -0.2) is 8.42 Å². The van der Waals surface area contributed by atoms with Crippen LogP contribution in [0.1, 0.15) is 19.8 Å². The molecule has 0 unspecified atom stereocenters. The van der Waals surface area contributed by atoms with Crippen molar-refractivity contribution in [3.8, 4) is 5.75 Å². The summed E-state index contributed by atoms with van der Waals surface area (Å²) >= 11 is 0. The fourth-order valence-corrected chi connectivity index (χ4v) is 3.99. The van der Waals surface area contributed by atoms with Crippen LogP contribution in [0.4, 0.5) is 0 Å². The standard InChI is InChI=1S/C19H20O3S/c1-3-4-13-22-18-16-11-7-5-9-14(16)15-10-6-8-12-17(15)19(18)23(2,20)21/h5-12H,3-4,13H2,1-2H3. The number of sulfone groups is 1. The molecule has 120 valence electrons. The van der Waals surface area contributed by atoms with Crippen LogP contribution in [0.3, 0.4) is 0 Å². The molecule has 0 N–H and O–H groups in total. The summed E-state index contributed by atoms with van der Waals surface area (Å²) in [6.07, 6.45) is 3.14. The van der Waals surface area contributed by atoms with Gasteiger partial charge in [0.15, 0.2) is 9.84 Å². The van der Waals surface area contributed by atoms with Crippen molar-refractivity contribution in [1.82, 2.24) is 0 Å². The highest BCUT2D eigenvalue weighted by Gasteiger charge is 2.22. The molecule has 0 aliphatic carbocycles. The van der Waals surface area contributed by atoms with Gasteiger partial charge in [-0.2, -0.15) is 0 Å². The third-order valence-electron chi connectivity index (χ3n) is 3.95. The lowest BCUT2D eigenvalue weighted by atomic mass is 10.0. The molecule has 3 nitrogen and oxygen atoms in total. The van der Waals surface area contributed by atoms with Gasteiger partial charge < -0.3 is 4.74 Å². The van der Waals surface area contributed by atoms with Crippen molar-refractivity contribution >= 4 is 31.4 Å². The molecule has 0 spiro atoms. The third-order valence-corrected chi connectivity index (χ3v) is 5.10. The van der Waals surface area contributed by atoms with Crippen LogP contribution < -0.4 is 4.74 Å². The Bertz CT molecular complexity index is 959. The van der Waals surface area contributed by atoms with Crippen molar-refractivity contribution < 1.29 is 13.2 Å². The van der Waals surface area contributed by atoms with Crippen molar-refractivity contribution in [2.75, 3.05) is 12.9 Å². The van der Waals surface area contributed by atoms with Crippen molar-refractivity contribution in [2.24, 2.45) is 0 Å². The summed E-state index contributed by atoms with van der Waals surface area (Å²) in [6, 6.07) is 15.4. The zero-order chi connectivity index (χ0) is 16.4. The van der Waals surface area contributed by atoms with Crippen LogP contribution in [0.5, 0.6) is 5.75 Å². The van der Waals surface area contributed by atoms with E-state index in [1.165, 1.54) is 6.26 Å². The second-order valence-corrected chi connectivity index (χ2v) is 7.68. The van der Waals surface area contributed by atoms with E-state index in [1.54, 1.807) is 0 Å². The topological polar surface area (TPSA) is 43.4 Å². The molecule has 3 rings (SSSR count). The Labute approximate surface area is 136 Å². The van der Waals surface area contributed by atoms with Crippen molar-refractivity contribution in [2.45, 2.75) is 24.7 Å². The van der Waals surface area contributed by atoms with E-state index in [0.29, 0.717) is 17.3 Å². The van der Waals surface area contributed by atoms with Crippen LogP contribution in [0.25, 0.3) is 21.5 Å². The first kappa shape index (κ1) is 15.8. The van der Waals surface area contributed by atoms with E-state index in [9.17, 15) is 8.42 Å². The average molecular weight is 328 g/mol. The predicted octanol–water partition coefficient (Wildman–Crippen LogP) is 4.58. The van der Waals surface area contributed by atoms with E-state index in [1.807, 2.05) is 48.5 Å². The van der Waals surface area contributed by atoms with Crippen LogP contribution in [0, 0.1) is 0 Å². The second kappa shape index (κ2) is 6.20. The molecule has 0 bridgehead atoms. The molecule has 3 aromatic carbocycles. The molecule has 0 aliphatic rings. The first-order valence-electron chi connectivity index (χ1n) is 7.80. The Morgan fingerprint density at radius 2 is 1.39 bits per heavy atom. The zero-order valence-electron chi connectivity index (χ0n) is 13.4. The molecule has 23 heavy (non-hydrogen) atoms. The Morgan fingerprint density at radius 3 is 1.96 bits per heavy atom. The van der Waals surface area contributed by atoms with Crippen molar-refractivity contribution in [3.05, 3.63) is 48.5 Å². The monoisotopic (exact) mass is 328 g/mol. The number of fused-ring (bicyclic) bond motifs is 3. The second-order valence-electron chi connectivity index (χ2n) is 5.72. The highest BCUT2D eigenvalue weighted by atomic mass is 32.2. The summed E-state index contributed by atoms with van der Waals surface area (Å²) in [4.78, 5) is 0.294. The van der Waals surface area contributed by atoms with Crippen LogP contribution >= 0.6 is 0 Å².